The van der Waals surface area contributed by atoms with Crippen LogP contribution in [-0.4, -0.2) is 16.6 Å². The Balaban J connectivity index is 2.87. The summed E-state index contributed by atoms with van der Waals surface area (Å²) in [6, 6.07) is 0. The third kappa shape index (κ3) is 3.35. The van der Waals surface area contributed by atoms with Crippen molar-refractivity contribution in [2.45, 2.75) is 32.3 Å². The van der Waals surface area contributed by atoms with Gasteiger partial charge in [-0.15, -0.1) is 22.9 Å². The number of rotatable bonds is 2. The molecule has 1 aromatic heterocycles. The molecule has 1 aromatic rings. The first-order valence-corrected chi connectivity index (χ1v) is 5.73. The van der Waals surface area contributed by atoms with Crippen molar-refractivity contribution in [2.24, 2.45) is 0 Å². The first-order valence-electron chi connectivity index (χ1n) is 4.38. The number of nitrogens with two attached hydrogens (primary N) is 1. The monoisotopic (exact) mass is 248 g/mol. The van der Waals surface area contributed by atoms with Crippen molar-refractivity contribution >= 4 is 34.7 Å². The summed E-state index contributed by atoms with van der Waals surface area (Å²) in [4.78, 5) is 15.9. The molecule has 0 spiro atoms. The lowest BCUT2D eigenvalue weighted by Gasteiger charge is -2.18. The number of ether oxygens (including phenoxy) is 1. The standard InChI is InChI=1S/C9H13ClN2O2S/c1-9(2,3)14-8(13)6-7(11)12-5(4-10)15-6/h4,11H2,1-3H3. The van der Waals surface area contributed by atoms with Gasteiger partial charge in [-0.3, -0.25) is 0 Å². The predicted molar refractivity (Wildman–Crippen MR) is 61.3 cm³/mol. The number of alkyl halides is 1. The molecule has 0 aliphatic heterocycles. The van der Waals surface area contributed by atoms with E-state index in [-0.39, 0.29) is 11.7 Å². The van der Waals surface area contributed by atoms with Gasteiger partial charge >= 0.3 is 5.97 Å². The topological polar surface area (TPSA) is 65.2 Å². The summed E-state index contributed by atoms with van der Waals surface area (Å²) in [5.74, 6) is -0.0173. The first kappa shape index (κ1) is 12.3. The molecule has 84 valence electrons. The Bertz CT molecular complexity index is 371. The molecular weight excluding hydrogens is 236 g/mol. The highest BCUT2D eigenvalue weighted by Gasteiger charge is 2.22. The molecule has 2 N–H and O–H groups in total. The van der Waals surface area contributed by atoms with Crippen LogP contribution in [0, 0.1) is 0 Å². The summed E-state index contributed by atoms with van der Waals surface area (Å²) in [5, 5.41) is 0.620. The van der Waals surface area contributed by atoms with Gasteiger partial charge in [-0.2, -0.15) is 0 Å². The van der Waals surface area contributed by atoms with E-state index >= 15 is 0 Å². The lowest BCUT2D eigenvalue weighted by Crippen LogP contribution is -2.23. The van der Waals surface area contributed by atoms with E-state index in [1.807, 2.05) is 0 Å². The maximum Gasteiger partial charge on any atom is 0.352 e. The third-order valence-electron chi connectivity index (χ3n) is 1.40. The molecule has 15 heavy (non-hydrogen) atoms. The van der Waals surface area contributed by atoms with E-state index in [1.54, 1.807) is 20.8 Å². The molecule has 0 saturated carbocycles. The molecule has 6 heteroatoms. The van der Waals surface area contributed by atoms with Gasteiger partial charge in [0.05, 0.1) is 5.88 Å². The molecule has 0 amide bonds. The van der Waals surface area contributed by atoms with Crippen molar-refractivity contribution in [2.75, 3.05) is 5.73 Å². The summed E-state index contributed by atoms with van der Waals surface area (Å²) < 4.78 is 5.17. The Hall–Kier alpha value is -0.810. The fourth-order valence-electron chi connectivity index (χ4n) is 0.906. The number of nitrogens with zero attached hydrogens (tertiary/aromatic N) is 1. The Morgan fingerprint density at radius 3 is 2.60 bits per heavy atom. The van der Waals surface area contributed by atoms with Crippen LogP contribution in [0.5, 0.6) is 0 Å². The van der Waals surface area contributed by atoms with Crippen molar-refractivity contribution < 1.29 is 9.53 Å². The van der Waals surface area contributed by atoms with Crippen molar-refractivity contribution in [3.05, 3.63) is 9.88 Å². The van der Waals surface area contributed by atoms with Crippen LogP contribution in [0.4, 0.5) is 5.82 Å². The molecule has 0 bridgehead atoms. The number of aromatic nitrogens is 1. The molecule has 0 aromatic carbocycles. The zero-order valence-corrected chi connectivity index (χ0v) is 10.4. The molecule has 0 aliphatic rings. The van der Waals surface area contributed by atoms with E-state index in [0.717, 1.165) is 0 Å². The quantitative estimate of drug-likeness (QED) is 0.645. The summed E-state index contributed by atoms with van der Waals surface area (Å²) in [7, 11) is 0. The summed E-state index contributed by atoms with van der Waals surface area (Å²) >= 11 is 6.76. The van der Waals surface area contributed by atoms with E-state index in [4.69, 9.17) is 22.1 Å². The summed E-state index contributed by atoms with van der Waals surface area (Å²) in [6.45, 7) is 5.39. The van der Waals surface area contributed by atoms with Crippen LogP contribution in [0.25, 0.3) is 0 Å². The highest BCUT2D eigenvalue weighted by molar-refractivity contribution is 7.14. The number of anilines is 1. The van der Waals surface area contributed by atoms with Crippen LogP contribution in [0.2, 0.25) is 0 Å². The molecule has 0 radical (unpaired) electrons. The Morgan fingerprint density at radius 1 is 1.60 bits per heavy atom. The fourth-order valence-corrected chi connectivity index (χ4v) is 1.84. The van der Waals surface area contributed by atoms with Gasteiger partial charge in [0, 0.05) is 0 Å². The largest absolute Gasteiger partial charge is 0.456 e. The summed E-state index contributed by atoms with van der Waals surface area (Å²) in [5.41, 5.74) is 5.04. The lowest BCUT2D eigenvalue weighted by atomic mass is 10.2. The summed E-state index contributed by atoms with van der Waals surface area (Å²) in [6.07, 6.45) is 0. The minimum absolute atomic E-state index is 0.185. The van der Waals surface area contributed by atoms with E-state index in [2.05, 4.69) is 4.98 Å². The minimum atomic E-state index is -0.533. The van der Waals surface area contributed by atoms with Gasteiger partial charge in [0.15, 0.2) is 4.88 Å². The van der Waals surface area contributed by atoms with Crippen molar-refractivity contribution in [1.82, 2.24) is 4.98 Å². The van der Waals surface area contributed by atoms with Crippen LogP contribution >= 0.6 is 22.9 Å². The highest BCUT2D eigenvalue weighted by Crippen LogP contribution is 2.24. The van der Waals surface area contributed by atoms with Crippen LogP contribution in [0.15, 0.2) is 0 Å². The molecule has 1 rings (SSSR count). The van der Waals surface area contributed by atoms with Gasteiger partial charge in [0.1, 0.15) is 16.4 Å². The predicted octanol–water partition coefficient (Wildman–Crippen LogP) is 2.42. The van der Waals surface area contributed by atoms with Crippen molar-refractivity contribution in [3.63, 3.8) is 0 Å². The number of esters is 1. The fraction of sp³-hybridized carbons (Fsp3) is 0.556. The van der Waals surface area contributed by atoms with Gasteiger partial charge in [-0.1, -0.05) is 0 Å². The number of carbonyl (C=O) groups is 1. The van der Waals surface area contributed by atoms with Crippen molar-refractivity contribution in [3.8, 4) is 0 Å². The van der Waals surface area contributed by atoms with Crippen molar-refractivity contribution in [1.29, 1.82) is 0 Å². The SMILES string of the molecule is CC(C)(C)OC(=O)c1sc(CCl)nc1N. The Labute approximate surface area is 97.4 Å². The van der Waals surface area contributed by atoms with E-state index in [9.17, 15) is 4.79 Å². The second-order valence-electron chi connectivity index (χ2n) is 3.96. The average molecular weight is 249 g/mol. The van der Waals surface area contributed by atoms with Crippen LogP contribution < -0.4 is 5.73 Å². The zero-order valence-electron chi connectivity index (χ0n) is 8.83. The smallest absolute Gasteiger partial charge is 0.352 e. The highest BCUT2D eigenvalue weighted by atomic mass is 35.5. The second-order valence-corrected chi connectivity index (χ2v) is 5.31. The van der Waals surface area contributed by atoms with Gasteiger partial charge in [-0.05, 0) is 20.8 Å². The van der Waals surface area contributed by atoms with Crippen LogP contribution in [0.3, 0.4) is 0 Å². The van der Waals surface area contributed by atoms with Gasteiger partial charge in [0.2, 0.25) is 0 Å². The first-order chi connectivity index (χ1) is 6.83. The maximum absolute atomic E-state index is 11.6. The van der Waals surface area contributed by atoms with E-state index < -0.39 is 11.6 Å². The normalized spacial score (nSPS) is 11.5. The van der Waals surface area contributed by atoms with Gasteiger partial charge < -0.3 is 10.5 Å². The molecule has 0 unspecified atom stereocenters. The number of carbonyl (C=O) groups excluding carboxylic acids is 1. The number of hydrogen-bond donors (Lipinski definition) is 1. The molecular formula is C9H13ClN2O2S. The molecule has 0 saturated heterocycles. The molecule has 0 fully saturated rings. The van der Waals surface area contributed by atoms with Crippen LogP contribution in [-0.2, 0) is 10.6 Å². The zero-order chi connectivity index (χ0) is 11.6. The Morgan fingerprint density at radius 2 is 2.20 bits per heavy atom. The number of halogens is 1. The van der Waals surface area contributed by atoms with Crippen LogP contribution in [0.1, 0.15) is 35.5 Å². The molecule has 1 heterocycles. The average Bonchev–Trinajstić information content (AvgIpc) is 2.43. The third-order valence-corrected chi connectivity index (χ3v) is 2.86. The maximum atomic E-state index is 11.6. The van der Waals surface area contributed by atoms with Gasteiger partial charge in [-0.25, -0.2) is 9.78 Å². The molecule has 0 atom stereocenters. The van der Waals surface area contributed by atoms with E-state index in [1.165, 1.54) is 11.3 Å². The second kappa shape index (κ2) is 4.37. The Kier molecular flexibility index (Phi) is 3.57. The number of nitrogen functional groups attached to an aromatic ring is 1. The number of hydrogen-bond acceptors (Lipinski definition) is 5. The molecule has 4 nitrogen and oxygen atoms in total. The number of thiazole rings is 1. The molecule has 0 aliphatic carbocycles. The minimum Gasteiger partial charge on any atom is -0.456 e. The lowest BCUT2D eigenvalue weighted by molar-refractivity contribution is 0.00762. The van der Waals surface area contributed by atoms with Gasteiger partial charge in [0.25, 0.3) is 0 Å². The van der Waals surface area contributed by atoms with E-state index in [0.29, 0.717) is 9.88 Å².